The molecular weight excluding hydrogens is 294 g/mol. The van der Waals surface area contributed by atoms with Gasteiger partial charge in [0.25, 0.3) is 0 Å². The number of aromatic nitrogens is 1. The fraction of sp³-hybridized carbons (Fsp3) is 0.0455. The molecule has 0 saturated heterocycles. The average molecular weight is 309 g/mol. The van der Waals surface area contributed by atoms with Gasteiger partial charge < -0.3 is 4.42 Å². The van der Waals surface area contributed by atoms with E-state index in [2.05, 4.69) is 72.6 Å². The summed E-state index contributed by atoms with van der Waals surface area (Å²) in [5.74, 6) is 0. The van der Waals surface area contributed by atoms with Crippen LogP contribution in [0.4, 0.5) is 0 Å². The molecule has 2 aromatic heterocycles. The van der Waals surface area contributed by atoms with Crippen molar-refractivity contribution in [3.05, 3.63) is 78.5 Å². The summed E-state index contributed by atoms with van der Waals surface area (Å²) in [5, 5.41) is 4.63. The molecule has 5 aromatic rings. The molecule has 0 fully saturated rings. The van der Waals surface area contributed by atoms with E-state index in [1.54, 1.807) is 0 Å². The van der Waals surface area contributed by atoms with Crippen molar-refractivity contribution in [2.24, 2.45) is 0 Å². The predicted octanol–water partition coefficient (Wildman–Crippen LogP) is 6.11. The van der Waals surface area contributed by atoms with Gasteiger partial charge in [-0.25, -0.2) is 0 Å². The Bertz CT molecular complexity index is 1220. The SMILES string of the molecule is Cc1ccnc(-c2cccc3c2oc2c4ccccc4ccc32)c1. The van der Waals surface area contributed by atoms with E-state index in [1.807, 2.05) is 12.3 Å². The van der Waals surface area contributed by atoms with Crippen LogP contribution in [0, 0.1) is 6.92 Å². The number of pyridine rings is 1. The smallest absolute Gasteiger partial charge is 0.144 e. The molecule has 0 aliphatic rings. The fourth-order valence-electron chi connectivity index (χ4n) is 3.41. The van der Waals surface area contributed by atoms with Crippen LogP contribution in [-0.4, -0.2) is 4.98 Å². The van der Waals surface area contributed by atoms with E-state index in [1.165, 1.54) is 10.9 Å². The van der Waals surface area contributed by atoms with Gasteiger partial charge in [0.05, 0.1) is 5.69 Å². The van der Waals surface area contributed by atoms with Gasteiger partial charge in [-0.1, -0.05) is 42.5 Å². The van der Waals surface area contributed by atoms with Crippen LogP contribution in [0.15, 0.2) is 77.3 Å². The molecule has 2 heterocycles. The van der Waals surface area contributed by atoms with Gasteiger partial charge in [0.2, 0.25) is 0 Å². The summed E-state index contributed by atoms with van der Waals surface area (Å²) in [5.41, 5.74) is 5.03. The standard InChI is InChI=1S/C22H15NO/c1-14-11-12-23-20(13-14)19-8-4-7-17-18-10-9-15-5-2-3-6-16(15)21(18)24-22(17)19/h2-13H,1H3. The Morgan fingerprint density at radius 1 is 0.750 bits per heavy atom. The van der Waals surface area contributed by atoms with Crippen LogP contribution in [-0.2, 0) is 0 Å². The van der Waals surface area contributed by atoms with Crippen molar-refractivity contribution < 1.29 is 4.42 Å². The summed E-state index contributed by atoms with van der Waals surface area (Å²) in [4.78, 5) is 4.53. The Labute approximate surface area is 139 Å². The highest BCUT2D eigenvalue weighted by atomic mass is 16.3. The maximum Gasteiger partial charge on any atom is 0.144 e. The summed E-state index contributed by atoms with van der Waals surface area (Å²) < 4.78 is 6.35. The highest BCUT2D eigenvalue weighted by Crippen LogP contribution is 2.38. The van der Waals surface area contributed by atoms with E-state index in [-0.39, 0.29) is 0 Å². The molecule has 5 rings (SSSR count). The third-order valence-electron chi connectivity index (χ3n) is 4.58. The second-order valence-corrected chi connectivity index (χ2v) is 6.17. The number of fused-ring (bicyclic) bond motifs is 5. The molecule has 2 heteroatoms. The fourth-order valence-corrected chi connectivity index (χ4v) is 3.41. The van der Waals surface area contributed by atoms with Gasteiger partial charge in [0.15, 0.2) is 0 Å². The minimum Gasteiger partial charge on any atom is -0.455 e. The highest BCUT2D eigenvalue weighted by molar-refractivity contribution is 6.17. The Morgan fingerprint density at radius 3 is 2.50 bits per heavy atom. The lowest BCUT2D eigenvalue weighted by molar-refractivity contribution is 0.673. The normalized spacial score (nSPS) is 11.5. The first kappa shape index (κ1) is 13.3. The second-order valence-electron chi connectivity index (χ2n) is 6.17. The molecule has 0 saturated carbocycles. The lowest BCUT2D eigenvalue weighted by Gasteiger charge is -2.02. The van der Waals surface area contributed by atoms with Gasteiger partial charge in [0, 0.05) is 27.9 Å². The van der Waals surface area contributed by atoms with E-state index < -0.39 is 0 Å². The third kappa shape index (κ3) is 1.86. The van der Waals surface area contributed by atoms with Gasteiger partial charge in [-0.05, 0) is 42.1 Å². The van der Waals surface area contributed by atoms with Gasteiger partial charge in [0.1, 0.15) is 11.2 Å². The number of nitrogens with zero attached hydrogens (tertiary/aromatic N) is 1. The van der Waals surface area contributed by atoms with Crippen molar-refractivity contribution in [2.45, 2.75) is 6.92 Å². The molecular formula is C22H15NO. The van der Waals surface area contributed by atoms with Gasteiger partial charge in [-0.15, -0.1) is 0 Å². The van der Waals surface area contributed by atoms with Crippen LogP contribution >= 0.6 is 0 Å². The molecule has 0 spiro atoms. The summed E-state index contributed by atoms with van der Waals surface area (Å²) in [6.45, 7) is 2.08. The average Bonchev–Trinajstić information content (AvgIpc) is 3.01. The maximum absolute atomic E-state index is 6.35. The Morgan fingerprint density at radius 2 is 1.58 bits per heavy atom. The monoisotopic (exact) mass is 309 g/mol. The molecule has 0 N–H and O–H groups in total. The van der Waals surface area contributed by atoms with Crippen LogP contribution in [0.3, 0.4) is 0 Å². The predicted molar refractivity (Wildman–Crippen MR) is 99.2 cm³/mol. The van der Waals surface area contributed by atoms with Crippen molar-refractivity contribution in [3.63, 3.8) is 0 Å². The Kier molecular flexibility index (Phi) is 2.74. The molecule has 2 nitrogen and oxygen atoms in total. The zero-order chi connectivity index (χ0) is 16.1. The Balaban J connectivity index is 1.92. The van der Waals surface area contributed by atoms with Crippen LogP contribution < -0.4 is 0 Å². The molecule has 24 heavy (non-hydrogen) atoms. The molecule has 0 aliphatic carbocycles. The van der Waals surface area contributed by atoms with Crippen molar-refractivity contribution in [3.8, 4) is 11.3 Å². The minimum atomic E-state index is 0.905. The quantitative estimate of drug-likeness (QED) is 0.373. The summed E-state index contributed by atoms with van der Waals surface area (Å²) >= 11 is 0. The maximum atomic E-state index is 6.35. The zero-order valence-electron chi connectivity index (χ0n) is 13.3. The molecule has 0 unspecified atom stereocenters. The van der Waals surface area contributed by atoms with Crippen molar-refractivity contribution in [1.82, 2.24) is 4.98 Å². The molecule has 0 amide bonds. The van der Waals surface area contributed by atoms with Gasteiger partial charge >= 0.3 is 0 Å². The van der Waals surface area contributed by atoms with Crippen LogP contribution in [0.25, 0.3) is 44.0 Å². The third-order valence-corrected chi connectivity index (χ3v) is 4.58. The highest BCUT2D eigenvalue weighted by Gasteiger charge is 2.14. The molecule has 0 atom stereocenters. The lowest BCUT2D eigenvalue weighted by atomic mass is 10.0. The minimum absolute atomic E-state index is 0.905. The topological polar surface area (TPSA) is 26.0 Å². The number of para-hydroxylation sites is 1. The number of hydrogen-bond acceptors (Lipinski definition) is 2. The largest absolute Gasteiger partial charge is 0.455 e. The van der Waals surface area contributed by atoms with E-state index >= 15 is 0 Å². The van der Waals surface area contributed by atoms with Gasteiger partial charge in [-0.2, -0.15) is 0 Å². The summed E-state index contributed by atoms with van der Waals surface area (Å²) in [6, 6.07) is 23.0. The van der Waals surface area contributed by atoms with E-state index in [0.29, 0.717) is 0 Å². The summed E-state index contributed by atoms with van der Waals surface area (Å²) in [7, 11) is 0. The molecule has 114 valence electrons. The number of rotatable bonds is 1. The first-order valence-corrected chi connectivity index (χ1v) is 8.07. The second kappa shape index (κ2) is 4.93. The molecule has 0 aliphatic heterocycles. The number of aryl methyl sites for hydroxylation is 1. The number of benzene rings is 3. The van der Waals surface area contributed by atoms with Crippen LogP contribution in [0.2, 0.25) is 0 Å². The van der Waals surface area contributed by atoms with E-state index in [4.69, 9.17) is 4.42 Å². The molecule has 3 aromatic carbocycles. The number of furan rings is 1. The molecule has 0 bridgehead atoms. The zero-order valence-corrected chi connectivity index (χ0v) is 13.3. The van der Waals surface area contributed by atoms with Crippen LogP contribution in [0.5, 0.6) is 0 Å². The van der Waals surface area contributed by atoms with Crippen molar-refractivity contribution in [1.29, 1.82) is 0 Å². The summed E-state index contributed by atoms with van der Waals surface area (Å²) in [6.07, 6.45) is 1.85. The van der Waals surface area contributed by atoms with E-state index in [0.717, 1.165) is 38.6 Å². The van der Waals surface area contributed by atoms with Crippen molar-refractivity contribution >= 4 is 32.7 Å². The lowest BCUT2D eigenvalue weighted by Crippen LogP contribution is -1.84. The Hall–Kier alpha value is -3.13. The first-order valence-electron chi connectivity index (χ1n) is 8.07. The van der Waals surface area contributed by atoms with Crippen molar-refractivity contribution in [2.75, 3.05) is 0 Å². The van der Waals surface area contributed by atoms with E-state index in [9.17, 15) is 0 Å². The first-order chi connectivity index (χ1) is 11.8. The van der Waals surface area contributed by atoms with Gasteiger partial charge in [-0.3, -0.25) is 4.98 Å². The molecule has 0 radical (unpaired) electrons. The number of hydrogen-bond donors (Lipinski definition) is 0. The van der Waals surface area contributed by atoms with Crippen LogP contribution in [0.1, 0.15) is 5.56 Å².